The molecule has 6 heteroatoms. The van der Waals surface area contributed by atoms with Crippen molar-refractivity contribution in [3.63, 3.8) is 0 Å². The highest BCUT2D eigenvalue weighted by molar-refractivity contribution is 5.77. The highest BCUT2D eigenvalue weighted by atomic mass is 16.1. The van der Waals surface area contributed by atoms with Gasteiger partial charge in [0.05, 0.1) is 17.6 Å². The third kappa shape index (κ3) is 2.74. The summed E-state index contributed by atoms with van der Waals surface area (Å²) >= 11 is 0. The Kier molecular flexibility index (Phi) is 3.94. The van der Waals surface area contributed by atoms with Crippen LogP contribution in [0, 0.1) is 12.8 Å². The van der Waals surface area contributed by atoms with Crippen LogP contribution in [0.1, 0.15) is 18.7 Å². The van der Waals surface area contributed by atoms with Crippen molar-refractivity contribution in [1.29, 1.82) is 0 Å². The van der Waals surface area contributed by atoms with Crippen molar-refractivity contribution in [1.82, 2.24) is 14.5 Å². The van der Waals surface area contributed by atoms with Gasteiger partial charge in [-0.25, -0.2) is 4.98 Å². The lowest BCUT2D eigenvalue weighted by atomic mass is 9.97. The Labute approximate surface area is 128 Å². The SMILES string of the molecule is Cc1nc2ccccc2c(=O)n1CN1CCC(C(N)=O)CC1. The number of para-hydroxylation sites is 1. The summed E-state index contributed by atoms with van der Waals surface area (Å²) in [6.07, 6.45) is 1.51. The number of nitrogens with two attached hydrogens (primary N) is 1. The molecule has 0 aliphatic carbocycles. The maximum atomic E-state index is 12.6. The van der Waals surface area contributed by atoms with Gasteiger partial charge in [0.25, 0.3) is 5.56 Å². The summed E-state index contributed by atoms with van der Waals surface area (Å²) in [6, 6.07) is 7.39. The first-order valence-corrected chi connectivity index (χ1v) is 7.54. The van der Waals surface area contributed by atoms with Gasteiger partial charge in [0.2, 0.25) is 5.91 Å². The molecular weight excluding hydrogens is 280 g/mol. The fraction of sp³-hybridized carbons (Fsp3) is 0.438. The normalized spacial score (nSPS) is 17.0. The summed E-state index contributed by atoms with van der Waals surface area (Å²) in [5, 5.41) is 0.639. The van der Waals surface area contributed by atoms with Crippen LogP contribution in [0.4, 0.5) is 0 Å². The van der Waals surface area contributed by atoms with Crippen molar-refractivity contribution in [2.24, 2.45) is 11.7 Å². The van der Waals surface area contributed by atoms with Gasteiger partial charge in [-0.1, -0.05) is 12.1 Å². The fourth-order valence-electron chi connectivity index (χ4n) is 3.00. The van der Waals surface area contributed by atoms with E-state index >= 15 is 0 Å². The third-order valence-electron chi connectivity index (χ3n) is 4.38. The molecule has 0 spiro atoms. The van der Waals surface area contributed by atoms with Crippen molar-refractivity contribution in [3.05, 3.63) is 40.4 Å². The highest BCUT2D eigenvalue weighted by Crippen LogP contribution is 2.17. The molecule has 1 amide bonds. The number of fused-ring (bicyclic) bond motifs is 1. The molecule has 116 valence electrons. The van der Waals surface area contributed by atoms with E-state index in [1.54, 1.807) is 10.6 Å². The molecule has 2 N–H and O–H groups in total. The van der Waals surface area contributed by atoms with Crippen LogP contribution in [0.2, 0.25) is 0 Å². The first kappa shape index (κ1) is 14.7. The van der Waals surface area contributed by atoms with Crippen LogP contribution in [0.5, 0.6) is 0 Å². The predicted molar refractivity (Wildman–Crippen MR) is 84.2 cm³/mol. The number of nitrogens with zero attached hydrogens (tertiary/aromatic N) is 3. The van der Waals surface area contributed by atoms with E-state index in [4.69, 9.17) is 5.73 Å². The number of carbonyl (C=O) groups is 1. The molecule has 6 nitrogen and oxygen atoms in total. The lowest BCUT2D eigenvalue weighted by Gasteiger charge is -2.31. The minimum Gasteiger partial charge on any atom is -0.369 e. The number of carbonyl (C=O) groups excluding carboxylic acids is 1. The Morgan fingerprint density at radius 1 is 1.32 bits per heavy atom. The Balaban J connectivity index is 1.83. The summed E-state index contributed by atoms with van der Waals surface area (Å²) < 4.78 is 1.70. The molecule has 0 unspecified atom stereocenters. The van der Waals surface area contributed by atoms with Crippen LogP contribution in [-0.2, 0) is 11.5 Å². The molecule has 1 aliphatic rings. The van der Waals surface area contributed by atoms with E-state index in [1.807, 2.05) is 25.1 Å². The number of rotatable bonds is 3. The number of piperidine rings is 1. The van der Waals surface area contributed by atoms with E-state index in [-0.39, 0.29) is 17.4 Å². The number of hydrogen-bond donors (Lipinski definition) is 1. The Hall–Kier alpha value is -2.21. The second kappa shape index (κ2) is 5.88. The van der Waals surface area contributed by atoms with Gasteiger partial charge in [0, 0.05) is 19.0 Å². The van der Waals surface area contributed by atoms with Gasteiger partial charge >= 0.3 is 0 Å². The summed E-state index contributed by atoms with van der Waals surface area (Å²) in [5.41, 5.74) is 6.07. The first-order chi connectivity index (χ1) is 10.6. The van der Waals surface area contributed by atoms with E-state index in [0.717, 1.165) is 31.4 Å². The van der Waals surface area contributed by atoms with Crippen LogP contribution in [0.3, 0.4) is 0 Å². The van der Waals surface area contributed by atoms with E-state index in [0.29, 0.717) is 17.9 Å². The predicted octanol–water partition coefficient (Wildman–Crippen LogP) is 0.860. The van der Waals surface area contributed by atoms with Crippen molar-refractivity contribution >= 4 is 16.8 Å². The smallest absolute Gasteiger partial charge is 0.262 e. The van der Waals surface area contributed by atoms with Crippen LogP contribution in [0.25, 0.3) is 10.9 Å². The molecule has 1 aromatic heterocycles. The van der Waals surface area contributed by atoms with E-state index in [1.165, 1.54) is 0 Å². The summed E-state index contributed by atoms with van der Waals surface area (Å²) in [7, 11) is 0. The zero-order valence-electron chi connectivity index (χ0n) is 12.7. The van der Waals surface area contributed by atoms with Gasteiger partial charge < -0.3 is 5.73 Å². The molecule has 0 radical (unpaired) electrons. The Morgan fingerprint density at radius 3 is 2.68 bits per heavy atom. The van der Waals surface area contributed by atoms with E-state index < -0.39 is 0 Å². The number of aromatic nitrogens is 2. The average Bonchev–Trinajstić information content (AvgIpc) is 2.52. The van der Waals surface area contributed by atoms with Gasteiger partial charge in [-0.3, -0.25) is 19.1 Å². The van der Waals surface area contributed by atoms with Crippen LogP contribution >= 0.6 is 0 Å². The molecule has 0 bridgehead atoms. The highest BCUT2D eigenvalue weighted by Gasteiger charge is 2.23. The molecule has 1 aliphatic heterocycles. The largest absolute Gasteiger partial charge is 0.369 e. The van der Waals surface area contributed by atoms with Gasteiger partial charge in [-0.2, -0.15) is 0 Å². The number of amides is 1. The summed E-state index contributed by atoms with van der Waals surface area (Å²) in [6.45, 7) is 3.90. The third-order valence-corrected chi connectivity index (χ3v) is 4.38. The van der Waals surface area contributed by atoms with E-state index in [9.17, 15) is 9.59 Å². The van der Waals surface area contributed by atoms with Gasteiger partial charge in [0.1, 0.15) is 5.82 Å². The van der Waals surface area contributed by atoms with Crippen LogP contribution in [-0.4, -0.2) is 33.4 Å². The van der Waals surface area contributed by atoms with Gasteiger partial charge in [0.15, 0.2) is 0 Å². The number of aryl methyl sites for hydroxylation is 1. The van der Waals surface area contributed by atoms with Crippen molar-refractivity contribution in [3.8, 4) is 0 Å². The Morgan fingerprint density at radius 2 is 2.00 bits per heavy atom. The quantitative estimate of drug-likeness (QED) is 0.911. The molecular formula is C16H20N4O2. The maximum Gasteiger partial charge on any atom is 0.262 e. The monoisotopic (exact) mass is 300 g/mol. The molecule has 0 atom stereocenters. The van der Waals surface area contributed by atoms with E-state index in [2.05, 4.69) is 9.88 Å². The second-order valence-electron chi connectivity index (χ2n) is 5.85. The van der Waals surface area contributed by atoms with Crippen molar-refractivity contribution < 1.29 is 4.79 Å². The molecule has 2 aromatic rings. The minimum absolute atomic E-state index is 0.0138. The maximum absolute atomic E-state index is 12.6. The minimum atomic E-state index is -0.222. The van der Waals surface area contributed by atoms with Gasteiger partial charge in [-0.15, -0.1) is 0 Å². The molecule has 2 heterocycles. The van der Waals surface area contributed by atoms with Crippen molar-refractivity contribution in [2.45, 2.75) is 26.4 Å². The summed E-state index contributed by atoms with van der Waals surface area (Å²) in [5.74, 6) is 0.449. The standard InChI is InChI=1S/C16H20N4O2/c1-11-18-14-5-3-2-4-13(14)16(22)20(11)10-19-8-6-12(7-9-19)15(17)21/h2-5,12H,6-10H2,1H3,(H2,17,21). The number of benzene rings is 1. The molecule has 22 heavy (non-hydrogen) atoms. The molecule has 1 saturated heterocycles. The number of likely N-dealkylation sites (tertiary alicyclic amines) is 1. The lowest BCUT2D eigenvalue weighted by molar-refractivity contribution is -0.123. The zero-order chi connectivity index (χ0) is 15.7. The number of hydrogen-bond acceptors (Lipinski definition) is 4. The van der Waals surface area contributed by atoms with Crippen LogP contribution in [0.15, 0.2) is 29.1 Å². The second-order valence-corrected chi connectivity index (χ2v) is 5.85. The molecule has 1 fully saturated rings. The van der Waals surface area contributed by atoms with Crippen LogP contribution < -0.4 is 11.3 Å². The zero-order valence-corrected chi connectivity index (χ0v) is 12.7. The molecule has 0 saturated carbocycles. The first-order valence-electron chi connectivity index (χ1n) is 7.54. The lowest BCUT2D eigenvalue weighted by Crippen LogP contribution is -2.41. The Bertz CT molecular complexity index is 760. The number of primary amides is 1. The molecule has 3 rings (SSSR count). The molecule has 1 aromatic carbocycles. The fourth-order valence-corrected chi connectivity index (χ4v) is 3.00. The average molecular weight is 300 g/mol. The van der Waals surface area contributed by atoms with Crippen molar-refractivity contribution in [2.75, 3.05) is 13.1 Å². The topological polar surface area (TPSA) is 81.2 Å². The summed E-state index contributed by atoms with van der Waals surface area (Å²) in [4.78, 5) is 30.5. The van der Waals surface area contributed by atoms with Gasteiger partial charge in [-0.05, 0) is 31.9 Å².